The first-order valence-corrected chi connectivity index (χ1v) is 7.81. The molecule has 0 saturated heterocycles. The van der Waals surface area contributed by atoms with Crippen LogP contribution >= 0.6 is 11.5 Å². The minimum absolute atomic E-state index is 0.0660. The summed E-state index contributed by atoms with van der Waals surface area (Å²) >= 11 is 1.32. The number of hydrogen-bond donors (Lipinski definition) is 2. The fraction of sp³-hybridized carbons (Fsp3) is 0.400. The van der Waals surface area contributed by atoms with Crippen molar-refractivity contribution in [2.45, 2.75) is 32.5 Å². The molecule has 6 heteroatoms. The van der Waals surface area contributed by atoms with Crippen LogP contribution < -0.4 is 20.5 Å². The first kappa shape index (κ1) is 14.0. The molecule has 3 N–H and O–H groups in total. The second-order valence-corrected chi connectivity index (χ2v) is 6.10. The van der Waals surface area contributed by atoms with E-state index in [4.69, 9.17) is 15.2 Å². The number of hydrogen-bond acceptors (Lipinski definition) is 6. The maximum atomic E-state index is 5.91. The lowest BCUT2D eigenvalue weighted by Crippen LogP contribution is -2.24. The van der Waals surface area contributed by atoms with Crippen molar-refractivity contribution in [1.29, 1.82) is 0 Å². The average Bonchev–Trinajstić information content (AvgIpc) is 3.01. The molecule has 0 radical (unpaired) electrons. The van der Waals surface area contributed by atoms with E-state index in [2.05, 4.69) is 15.8 Å². The number of para-hydroxylation sites is 1. The molecule has 3 rings (SSSR count). The minimum atomic E-state index is 0.0660. The largest absolute Gasteiger partial charge is 0.488 e. The number of nitrogen functional groups attached to an aromatic ring is 1. The van der Waals surface area contributed by atoms with Crippen molar-refractivity contribution >= 4 is 22.4 Å². The zero-order chi connectivity index (χ0) is 14.8. The molecule has 1 aliphatic heterocycles. The van der Waals surface area contributed by atoms with Gasteiger partial charge in [-0.1, -0.05) is 18.2 Å². The van der Waals surface area contributed by atoms with Crippen LogP contribution in [0.5, 0.6) is 11.5 Å². The van der Waals surface area contributed by atoms with Crippen molar-refractivity contribution in [2.75, 3.05) is 17.6 Å². The van der Waals surface area contributed by atoms with Crippen LogP contribution in [0, 0.1) is 0 Å². The monoisotopic (exact) mass is 305 g/mol. The van der Waals surface area contributed by atoms with E-state index in [1.807, 2.05) is 32.0 Å². The molecule has 0 aliphatic carbocycles. The highest BCUT2D eigenvalue weighted by atomic mass is 32.1. The number of nitrogens with two attached hydrogens (primary N) is 1. The van der Waals surface area contributed by atoms with Gasteiger partial charge in [0.2, 0.25) is 0 Å². The Morgan fingerprint density at radius 2 is 2.29 bits per heavy atom. The van der Waals surface area contributed by atoms with Crippen LogP contribution in [0.25, 0.3) is 0 Å². The molecular weight excluding hydrogens is 286 g/mol. The summed E-state index contributed by atoms with van der Waals surface area (Å²) in [6, 6.07) is 8.14. The van der Waals surface area contributed by atoms with Gasteiger partial charge in [-0.25, -0.2) is 0 Å². The van der Waals surface area contributed by atoms with Gasteiger partial charge in [-0.3, -0.25) is 0 Å². The van der Waals surface area contributed by atoms with Crippen LogP contribution in [0.3, 0.4) is 0 Å². The summed E-state index contributed by atoms with van der Waals surface area (Å²) in [5.41, 5.74) is 7.10. The number of ether oxygens (including phenoxy) is 2. The first-order valence-electron chi connectivity index (χ1n) is 7.03. The molecule has 0 fully saturated rings. The van der Waals surface area contributed by atoms with Gasteiger partial charge in [-0.2, -0.15) is 4.37 Å². The van der Waals surface area contributed by atoms with E-state index in [0.29, 0.717) is 18.1 Å². The number of nitrogens with zero attached hydrogens (tertiary/aromatic N) is 1. The summed E-state index contributed by atoms with van der Waals surface area (Å²) in [5, 5.41) is 4.20. The lowest BCUT2D eigenvalue weighted by Gasteiger charge is -2.14. The number of benzene rings is 1. The molecule has 0 saturated carbocycles. The third-order valence-electron chi connectivity index (χ3n) is 3.23. The number of fused-ring (bicyclic) bond motifs is 1. The summed E-state index contributed by atoms with van der Waals surface area (Å²) < 4.78 is 15.8. The SMILES string of the molecule is CC(C)Oc1c(N)nsc1NCC1Cc2ccccc2O1. The molecule has 1 aromatic carbocycles. The van der Waals surface area contributed by atoms with Crippen molar-refractivity contribution in [3.8, 4) is 11.5 Å². The summed E-state index contributed by atoms with van der Waals surface area (Å²) in [5.74, 6) is 2.06. The standard InChI is InChI=1S/C15H19N3O2S/c1-9(2)19-13-14(16)18-21-15(13)17-8-11-7-10-5-3-4-6-12(10)20-11/h3-6,9,11,17H,7-8H2,1-2H3,(H2,16,18). The van der Waals surface area contributed by atoms with Gasteiger partial charge in [0, 0.05) is 6.42 Å². The lowest BCUT2D eigenvalue weighted by atomic mass is 10.1. The molecule has 1 unspecified atom stereocenters. The summed E-state index contributed by atoms with van der Waals surface area (Å²) in [6.07, 6.45) is 1.10. The fourth-order valence-corrected chi connectivity index (χ4v) is 2.99. The average molecular weight is 305 g/mol. The maximum absolute atomic E-state index is 5.91. The highest BCUT2D eigenvalue weighted by Crippen LogP contribution is 2.36. The van der Waals surface area contributed by atoms with Crippen molar-refractivity contribution < 1.29 is 9.47 Å². The topological polar surface area (TPSA) is 69.4 Å². The van der Waals surface area contributed by atoms with Gasteiger partial charge in [0.25, 0.3) is 0 Å². The van der Waals surface area contributed by atoms with Gasteiger partial charge in [-0.05, 0) is 37.0 Å². The predicted octanol–water partition coefficient (Wildman–Crippen LogP) is 2.93. The number of nitrogens with one attached hydrogen (secondary N) is 1. The minimum Gasteiger partial charge on any atom is -0.488 e. The third-order valence-corrected chi connectivity index (χ3v) is 4.03. The van der Waals surface area contributed by atoms with E-state index in [9.17, 15) is 0 Å². The molecule has 0 bridgehead atoms. The van der Waals surface area contributed by atoms with Gasteiger partial charge < -0.3 is 20.5 Å². The van der Waals surface area contributed by atoms with Crippen molar-refractivity contribution in [1.82, 2.24) is 4.37 Å². The Kier molecular flexibility index (Phi) is 3.88. The van der Waals surface area contributed by atoms with Gasteiger partial charge in [0.15, 0.2) is 16.6 Å². The Balaban J connectivity index is 1.62. The van der Waals surface area contributed by atoms with E-state index >= 15 is 0 Å². The Labute approximate surface area is 128 Å². The molecule has 21 heavy (non-hydrogen) atoms. The van der Waals surface area contributed by atoms with Crippen molar-refractivity contribution in [3.63, 3.8) is 0 Å². The summed E-state index contributed by atoms with van der Waals surface area (Å²) in [4.78, 5) is 0. The highest BCUT2D eigenvalue weighted by Gasteiger charge is 2.23. The van der Waals surface area contributed by atoms with Gasteiger partial charge in [0.05, 0.1) is 12.6 Å². The molecule has 2 heterocycles. The Bertz CT molecular complexity index is 602. The van der Waals surface area contributed by atoms with Crippen LogP contribution in [0.15, 0.2) is 24.3 Å². The van der Waals surface area contributed by atoms with Gasteiger partial charge in [0.1, 0.15) is 11.9 Å². The molecule has 2 aromatic rings. The summed E-state index contributed by atoms with van der Waals surface area (Å²) in [6.45, 7) is 4.64. The van der Waals surface area contributed by atoms with Crippen LogP contribution in [0.4, 0.5) is 10.8 Å². The molecular formula is C15H19N3O2S. The highest BCUT2D eigenvalue weighted by molar-refractivity contribution is 7.11. The van der Waals surface area contributed by atoms with E-state index < -0.39 is 0 Å². The Morgan fingerprint density at radius 3 is 3.05 bits per heavy atom. The van der Waals surface area contributed by atoms with E-state index in [-0.39, 0.29) is 12.2 Å². The molecule has 112 valence electrons. The maximum Gasteiger partial charge on any atom is 0.197 e. The Hall–Kier alpha value is -1.95. The normalized spacial score (nSPS) is 16.6. The van der Waals surface area contributed by atoms with E-state index in [1.165, 1.54) is 17.1 Å². The van der Waals surface area contributed by atoms with Crippen LogP contribution in [-0.2, 0) is 6.42 Å². The van der Waals surface area contributed by atoms with E-state index in [1.54, 1.807) is 0 Å². The second kappa shape index (κ2) is 5.81. The molecule has 1 aliphatic rings. The molecule has 1 atom stereocenters. The summed E-state index contributed by atoms with van der Waals surface area (Å²) in [7, 11) is 0. The smallest absolute Gasteiger partial charge is 0.197 e. The van der Waals surface area contributed by atoms with Crippen LogP contribution in [-0.4, -0.2) is 23.1 Å². The number of aromatic nitrogens is 1. The zero-order valence-electron chi connectivity index (χ0n) is 12.1. The first-order chi connectivity index (χ1) is 10.1. The van der Waals surface area contributed by atoms with Crippen molar-refractivity contribution in [2.24, 2.45) is 0 Å². The predicted molar refractivity (Wildman–Crippen MR) is 85.3 cm³/mol. The molecule has 0 spiro atoms. The number of anilines is 2. The van der Waals surface area contributed by atoms with E-state index in [0.717, 1.165) is 17.2 Å². The van der Waals surface area contributed by atoms with Crippen LogP contribution in [0.1, 0.15) is 19.4 Å². The quantitative estimate of drug-likeness (QED) is 0.889. The molecule has 1 aromatic heterocycles. The second-order valence-electron chi connectivity index (χ2n) is 5.33. The molecule has 0 amide bonds. The third kappa shape index (κ3) is 3.05. The molecule has 5 nitrogen and oxygen atoms in total. The lowest BCUT2D eigenvalue weighted by molar-refractivity contribution is 0.241. The Morgan fingerprint density at radius 1 is 1.48 bits per heavy atom. The van der Waals surface area contributed by atoms with Gasteiger partial charge in [-0.15, -0.1) is 0 Å². The van der Waals surface area contributed by atoms with Gasteiger partial charge >= 0.3 is 0 Å². The number of rotatable bonds is 5. The zero-order valence-corrected chi connectivity index (χ0v) is 12.9. The van der Waals surface area contributed by atoms with Crippen LogP contribution in [0.2, 0.25) is 0 Å². The fourth-order valence-electron chi connectivity index (χ4n) is 2.33. The van der Waals surface area contributed by atoms with Crippen molar-refractivity contribution in [3.05, 3.63) is 29.8 Å².